The monoisotopic (exact) mass is 509 g/mol. The molecule has 4 atom stereocenters. The van der Waals surface area contributed by atoms with E-state index < -0.39 is 36.7 Å². The van der Waals surface area contributed by atoms with Crippen molar-refractivity contribution in [2.75, 3.05) is 11.9 Å². The van der Waals surface area contributed by atoms with E-state index in [1.165, 1.54) is 11.0 Å². The van der Waals surface area contributed by atoms with E-state index in [4.69, 9.17) is 4.74 Å². The van der Waals surface area contributed by atoms with E-state index in [1.54, 1.807) is 6.20 Å². The average molecular weight is 510 g/mol. The Bertz CT molecular complexity index is 1420. The molecular formula is C29H27N5O4. The predicted octanol–water partition coefficient (Wildman–Crippen LogP) is 2.84. The van der Waals surface area contributed by atoms with Crippen molar-refractivity contribution in [1.29, 1.82) is 0 Å². The zero-order valence-corrected chi connectivity index (χ0v) is 20.4. The number of ether oxygens (including phenoxy) is 1. The van der Waals surface area contributed by atoms with Gasteiger partial charge in [-0.05, 0) is 16.7 Å². The molecule has 192 valence electrons. The van der Waals surface area contributed by atoms with Gasteiger partial charge in [-0.1, -0.05) is 91.0 Å². The zero-order chi connectivity index (χ0) is 26.1. The van der Waals surface area contributed by atoms with Crippen LogP contribution in [0.1, 0.15) is 22.9 Å². The van der Waals surface area contributed by atoms with Crippen LogP contribution in [-0.4, -0.2) is 60.0 Å². The molecule has 1 fully saturated rings. The van der Waals surface area contributed by atoms with Gasteiger partial charge in [-0.2, -0.15) is 5.10 Å². The van der Waals surface area contributed by atoms with Crippen molar-refractivity contribution in [1.82, 2.24) is 19.7 Å². The molecule has 1 saturated heterocycles. The minimum atomic E-state index is -1.28. The lowest BCUT2D eigenvalue weighted by Gasteiger charge is -2.37. The summed E-state index contributed by atoms with van der Waals surface area (Å²) in [5, 5.41) is 39.1. The van der Waals surface area contributed by atoms with Crippen LogP contribution in [0.25, 0.3) is 11.0 Å². The standard InChI is InChI=1S/C29H27N5O4/c35-17-23-24(36)25(37)28(38-23)34-27-22(16-32-34)26(30-18-31-27)33-29(19-10-4-1-5-11-19,20-12-6-2-7-13-20)21-14-8-3-9-15-21/h1-16,18,23-25,28,35-37H,17H2,(H,30,31,33)/t23-,24-,25-,28-/m1/s1. The highest BCUT2D eigenvalue weighted by Crippen LogP contribution is 2.41. The number of hydrogen-bond acceptors (Lipinski definition) is 8. The first-order valence-corrected chi connectivity index (χ1v) is 12.4. The van der Waals surface area contributed by atoms with Crippen LogP contribution >= 0.6 is 0 Å². The highest BCUT2D eigenvalue weighted by Gasteiger charge is 2.45. The molecule has 5 aromatic rings. The molecule has 0 bridgehead atoms. The Morgan fingerprint density at radius 2 is 1.34 bits per heavy atom. The van der Waals surface area contributed by atoms with E-state index in [1.807, 2.05) is 54.6 Å². The fraction of sp³-hybridized carbons (Fsp3) is 0.207. The van der Waals surface area contributed by atoms with Crippen molar-refractivity contribution in [3.05, 3.63) is 120 Å². The first-order chi connectivity index (χ1) is 18.6. The van der Waals surface area contributed by atoms with Crippen molar-refractivity contribution < 1.29 is 20.1 Å². The second-order valence-corrected chi connectivity index (χ2v) is 9.25. The number of nitrogens with one attached hydrogen (secondary N) is 1. The van der Waals surface area contributed by atoms with Gasteiger partial charge in [0.05, 0.1) is 18.2 Å². The van der Waals surface area contributed by atoms with Gasteiger partial charge in [0, 0.05) is 0 Å². The number of hydrogen-bond donors (Lipinski definition) is 4. The minimum Gasteiger partial charge on any atom is -0.394 e. The van der Waals surface area contributed by atoms with Gasteiger partial charge in [-0.25, -0.2) is 14.6 Å². The molecule has 9 nitrogen and oxygen atoms in total. The second kappa shape index (κ2) is 9.96. The summed E-state index contributed by atoms with van der Waals surface area (Å²) < 4.78 is 7.12. The Hall–Kier alpha value is -4.15. The fourth-order valence-electron chi connectivity index (χ4n) is 5.19. The van der Waals surface area contributed by atoms with Crippen LogP contribution in [0.5, 0.6) is 0 Å². The van der Waals surface area contributed by atoms with Gasteiger partial charge in [-0.3, -0.25) is 0 Å². The molecule has 0 spiro atoms. The summed E-state index contributed by atoms with van der Waals surface area (Å²) in [7, 11) is 0. The van der Waals surface area contributed by atoms with Gasteiger partial charge in [0.1, 0.15) is 36.0 Å². The largest absolute Gasteiger partial charge is 0.394 e. The highest BCUT2D eigenvalue weighted by atomic mass is 16.6. The van der Waals surface area contributed by atoms with Gasteiger partial charge in [0.2, 0.25) is 0 Å². The summed E-state index contributed by atoms with van der Waals surface area (Å²) in [4.78, 5) is 9.02. The Morgan fingerprint density at radius 3 is 1.84 bits per heavy atom. The number of aliphatic hydroxyl groups is 3. The Kier molecular flexibility index (Phi) is 6.34. The van der Waals surface area contributed by atoms with Gasteiger partial charge in [0.25, 0.3) is 0 Å². The molecule has 0 saturated carbocycles. The molecule has 0 radical (unpaired) electrons. The average Bonchev–Trinajstić information content (AvgIpc) is 3.54. The minimum absolute atomic E-state index is 0.417. The number of aromatic nitrogens is 4. The molecular weight excluding hydrogens is 482 g/mol. The van der Waals surface area contributed by atoms with Gasteiger partial charge in [-0.15, -0.1) is 0 Å². The van der Waals surface area contributed by atoms with Crippen LogP contribution in [0.2, 0.25) is 0 Å². The third-order valence-corrected chi connectivity index (χ3v) is 7.08. The summed E-state index contributed by atoms with van der Waals surface area (Å²) >= 11 is 0. The number of benzene rings is 3. The van der Waals surface area contributed by atoms with Gasteiger partial charge >= 0.3 is 0 Å². The maximum atomic E-state index is 10.6. The lowest BCUT2D eigenvalue weighted by molar-refractivity contribution is -0.0566. The van der Waals surface area contributed by atoms with Crippen LogP contribution < -0.4 is 5.32 Å². The summed E-state index contributed by atoms with van der Waals surface area (Å²) in [6.45, 7) is -0.427. The Labute approximate surface area is 219 Å². The Morgan fingerprint density at radius 1 is 0.789 bits per heavy atom. The van der Waals surface area contributed by atoms with Crippen molar-refractivity contribution >= 4 is 16.9 Å². The number of aliphatic hydroxyl groups excluding tert-OH is 3. The first kappa shape index (κ1) is 24.2. The molecule has 2 aromatic heterocycles. The summed E-state index contributed by atoms with van der Waals surface area (Å²) in [5.74, 6) is 0.532. The van der Waals surface area contributed by atoms with E-state index in [0.29, 0.717) is 16.9 Å². The summed E-state index contributed by atoms with van der Waals surface area (Å²) in [6, 6.07) is 30.5. The molecule has 6 rings (SSSR count). The molecule has 3 heterocycles. The van der Waals surface area contributed by atoms with Crippen LogP contribution in [-0.2, 0) is 10.3 Å². The van der Waals surface area contributed by atoms with E-state index >= 15 is 0 Å². The number of rotatable bonds is 7. The molecule has 1 aliphatic rings. The lowest BCUT2D eigenvalue weighted by Crippen LogP contribution is -2.38. The van der Waals surface area contributed by atoms with Crippen molar-refractivity contribution in [2.24, 2.45) is 0 Å². The molecule has 3 aromatic carbocycles. The normalized spacial score (nSPS) is 21.6. The van der Waals surface area contributed by atoms with Crippen LogP contribution in [0.15, 0.2) is 104 Å². The zero-order valence-electron chi connectivity index (χ0n) is 20.4. The maximum Gasteiger partial charge on any atom is 0.181 e. The molecule has 0 aliphatic carbocycles. The van der Waals surface area contributed by atoms with Crippen molar-refractivity contribution in [2.45, 2.75) is 30.1 Å². The quantitative estimate of drug-likeness (QED) is 0.247. The van der Waals surface area contributed by atoms with E-state index in [9.17, 15) is 15.3 Å². The van der Waals surface area contributed by atoms with Crippen molar-refractivity contribution in [3.8, 4) is 0 Å². The van der Waals surface area contributed by atoms with E-state index in [2.05, 4.69) is 56.8 Å². The van der Waals surface area contributed by atoms with Gasteiger partial charge in [0.15, 0.2) is 11.9 Å². The lowest BCUT2D eigenvalue weighted by atomic mass is 9.77. The Balaban J connectivity index is 1.52. The molecule has 1 aliphatic heterocycles. The highest BCUT2D eigenvalue weighted by molar-refractivity contribution is 5.87. The van der Waals surface area contributed by atoms with E-state index in [-0.39, 0.29) is 0 Å². The third-order valence-electron chi connectivity index (χ3n) is 7.08. The smallest absolute Gasteiger partial charge is 0.181 e. The molecule has 0 amide bonds. The summed E-state index contributed by atoms with van der Waals surface area (Å²) in [6.07, 6.45) is -1.42. The molecule has 0 unspecified atom stereocenters. The van der Waals surface area contributed by atoms with Crippen molar-refractivity contribution in [3.63, 3.8) is 0 Å². The summed E-state index contributed by atoms with van der Waals surface area (Å²) in [5.41, 5.74) is 2.65. The first-order valence-electron chi connectivity index (χ1n) is 12.4. The van der Waals surface area contributed by atoms with Crippen LogP contribution in [0, 0.1) is 0 Å². The third kappa shape index (κ3) is 3.93. The van der Waals surface area contributed by atoms with Gasteiger partial charge < -0.3 is 25.4 Å². The number of anilines is 1. The van der Waals surface area contributed by atoms with Crippen LogP contribution in [0.3, 0.4) is 0 Å². The number of nitrogens with zero attached hydrogens (tertiary/aromatic N) is 4. The molecule has 38 heavy (non-hydrogen) atoms. The molecule has 4 N–H and O–H groups in total. The van der Waals surface area contributed by atoms with E-state index in [0.717, 1.165) is 16.7 Å². The maximum absolute atomic E-state index is 10.6. The fourth-order valence-corrected chi connectivity index (χ4v) is 5.19. The number of fused-ring (bicyclic) bond motifs is 1. The molecule has 9 heteroatoms. The van der Waals surface area contributed by atoms with Crippen LogP contribution in [0.4, 0.5) is 5.82 Å². The second-order valence-electron chi connectivity index (χ2n) is 9.25. The SMILES string of the molecule is OC[C@H]1O[C@@H](n2ncc3c(NC(c4ccccc4)(c4ccccc4)c4ccccc4)ncnc32)[C@H](O)[C@@H]1O. The predicted molar refractivity (Wildman–Crippen MR) is 141 cm³/mol. The topological polar surface area (TPSA) is 126 Å².